The standard InChI is InChI=1S/C30H36N2O3/c1-6-32(7-2)24-15-13-22(14-16-24)28-27(30(34)35-19(3)4)20(5)31-25-17-23(18-26(33)29(25)28)21-11-9-8-10-12-21/h8-16,19,23,28,31H,6-7,17-18H2,1-5H3/t23-,28-/m1/s1. The van der Waals surface area contributed by atoms with Gasteiger partial charge in [-0.15, -0.1) is 0 Å². The van der Waals surface area contributed by atoms with Crippen molar-refractivity contribution in [1.29, 1.82) is 0 Å². The maximum absolute atomic E-state index is 13.7. The van der Waals surface area contributed by atoms with Gasteiger partial charge in [0.25, 0.3) is 0 Å². The first-order valence-corrected chi connectivity index (χ1v) is 12.7. The molecule has 0 amide bonds. The van der Waals surface area contributed by atoms with Crippen LogP contribution in [0.1, 0.15) is 70.4 Å². The molecule has 0 spiro atoms. The minimum Gasteiger partial charge on any atom is -0.460 e. The van der Waals surface area contributed by atoms with Crippen LogP contribution in [0.4, 0.5) is 5.69 Å². The second-order valence-corrected chi connectivity index (χ2v) is 9.65. The van der Waals surface area contributed by atoms with E-state index in [9.17, 15) is 9.59 Å². The van der Waals surface area contributed by atoms with E-state index < -0.39 is 5.92 Å². The van der Waals surface area contributed by atoms with E-state index in [-0.39, 0.29) is 23.8 Å². The molecule has 2 aromatic carbocycles. The maximum atomic E-state index is 13.7. The van der Waals surface area contributed by atoms with Gasteiger partial charge in [-0.2, -0.15) is 0 Å². The molecule has 2 aromatic rings. The van der Waals surface area contributed by atoms with Crippen molar-refractivity contribution in [3.63, 3.8) is 0 Å². The summed E-state index contributed by atoms with van der Waals surface area (Å²) in [6.45, 7) is 11.7. The molecule has 35 heavy (non-hydrogen) atoms. The second-order valence-electron chi connectivity index (χ2n) is 9.65. The number of carbonyl (C=O) groups excluding carboxylic acids is 2. The molecule has 1 heterocycles. The molecule has 0 unspecified atom stereocenters. The summed E-state index contributed by atoms with van der Waals surface area (Å²) < 4.78 is 5.64. The average molecular weight is 473 g/mol. The number of Topliss-reactive ketones (excluding diaryl/α,β-unsaturated/α-hetero) is 1. The van der Waals surface area contributed by atoms with Gasteiger partial charge in [0.2, 0.25) is 0 Å². The number of allylic oxidation sites excluding steroid dienone is 3. The number of ether oxygens (including phenoxy) is 1. The number of dihydropyridines is 1. The smallest absolute Gasteiger partial charge is 0.337 e. The van der Waals surface area contributed by atoms with E-state index in [0.29, 0.717) is 17.6 Å². The van der Waals surface area contributed by atoms with E-state index in [4.69, 9.17) is 4.74 Å². The summed E-state index contributed by atoms with van der Waals surface area (Å²) in [5, 5.41) is 3.43. The zero-order chi connectivity index (χ0) is 25.1. The van der Waals surface area contributed by atoms with Crippen LogP contribution in [0.5, 0.6) is 0 Å². The largest absolute Gasteiger partial charge is 0.460 e. The lowest BCUT2D eigenvalue weighted by atomic mass is 9.71. The molecule has 5 heteroatoms. The van der Waals surface area contributed by atoms with Gasteiger partial charge in [0.15, 0.2) is 5.78 Å². The molecular weight excluding hydrogens is 436 g/mol. The SMILES string of the molecule is CCN(CC)c1ccc([C@@H]2C(C(=O)OC(C)C)=C(C)NC3=C2C(=O)C[C@H](c2ccccc2)C3)cc1. The minimum absolute atomic E-state index is 0.0905. The number of hydrogen-bond donors (Lipinski definition) is 1. The van der Waals surface area contributed by atoms with Crippen LogP contribution in [-0.2, 0) is 14.3 Å². The average Bonchev–Trinajstić information content (AvgIpc) is 2.84. The molecule has 2 aliphatic rings. The van der Waals surface area contributed by atoms with E-state index in [1.807, 2.05) is 39.0 Å². The van der Waals surface area contributed by atoms with Crippen LogP contribution in [0.15, 0.2) is 77.1 Å². The van der Waals surface area contributed by atoms with Gasteiger partial charge in [0, 0.05) is 48.1 Å². The lowest BCUT2D eigenvalue weighted by Crippen LogP contribution is -2.36. The zero-order valence-corrected chi connectivity index (χ0v) is 21.4. The van der Waals surface area contributed by atoms with E-state index in [1.54, 1.807) is 0 Å². The first-order chi connectivity index (χ1) is 16.8. The number of nitrogens with zero attached hydrogens (tertiary/aromatic N) is 1. The third-order valence-electron chi connectivity index (χ3n) is 7.02. The van der Waals surface area contributed by atoms with Crippen molar-refractivity contribution in [2.24, 2.45) is 0 Å². The number of nitrogens with one attached hydrogen (secondary N) is 1. The van der Waals surface area contributed by atoms with Crippen molar-refractivity contribution >= 4 is 17.4 Å². The number of anilines is 1. The Balaban J connectivity index is 1.78. The van der Waals surface area contributed by atoms with Crippen LogP contribution in [0.25, 0.3) is 0 Å². The van der Waals surface area contributed by atoms with Gasteiger partial charge < -0.3 is 15.0 Å². The number of esters is 1. The molecule has 184 valence electrons. The Labute approximate surface area is 208 Å². The van der Waals surface area contributed by atoms with Gasteiger partial charge in [0.1, 0.15) is 0 Å². The van der Waals surface area contributed by atoms with Gasteiger partial charge in [-0.05, 0) is 70.2 Å². The van der Waals surface area contributed by atoms with E-state index in [0.717, 1.165) is 42.2 Å². The molecule has 5 nitrogen and oxygen atoms in total. The quantitative estimate of drug-likeness (QED) is 0.513. The fourth-order valence-corrected chi connectivity index (χ4v) is 5.35. The van der Waals surface area contributed by atoms with Gasteiger partial charge in [-0.25, -0.2) is 4.79 Å². The van der Waals surface area contributed by atoms with Crippen LogP contribution in [-0.4, -0.2) is 30.9 Å². The lowest BCUT2D eigenvalue weighted by molar-refractivity contribution is -0.143. The number of hydrogen-bond acceptors (Lipinski definition) is 5. The molecular formula is C30H36N2O3. The summed E-state index contributed by atoms with van der Waals surface area (Å²) in [6.07, 6.45) is 0.931. The highest BCUT2D eigenvalue weighted by atomic mass is 16.5. The summed E-state index contributed by atoms with van der Waals surface area (Å²) in [5.74, 6) is -0.592. The Morgan fingerprint density at radius 2 is 1.66 bits per heavy atom. The van der Waals surface area contributed by atoms with Gasteiger partial charge in [-0.1, -0.05) is 42.5 Å². The molecule has 0 aromatic heterocycles. The molecule has 1 aliphatic carbocycles. The minimum atomic E-state index is -0.438. The van der Waals surface area contributed by atoms with E-state index >= 15 is 0 Å². The maximum Gasteiger partial charge on any atom is 0.337 e. The molecule has 0 fully saturated rings. The summed E-state index contributed by atoms with van der Waals surface area (Å²) in [7, 11) is 0. The van der Waals surface area contributed by atoms with Crippen LogP contribution in [0.3, 0.4) is 0 Å². The second kappa shape index (κ2) is 10.5. The third kappa shape index (κ3) is 5.04. The Bertz CT molecular complexity index is 1140. The van der Waals surface area contributed by atoms with Crippen LogP contribution in [0, 0.1) is 0 Å². The Kier molecular flexibility index (Phi) is 7.44. The van der Waals surface area contributed by atoms with Crippen molar-refractivity contribution in [1.82, 2.24) is 5.32 Å². The fraction of sp³-hybridized carbons (Fsp3) is 0.400. The molecule has 1 aliphatic heterocycles. The molecule has 1 N–H and O–H groups in total. The monoisotopic (exact) mass is 472 g/mol. The van der Waals surface area contributed by atoms with Gasteiger partial charge in [-0.3, -0.25) is 4.79 Å². The van der Waals surface area contributed by atoms with E-state index in [2.05, 4.69) is 60.5 Å². The van der Waals surface area contributed by atoms with E-state index in [1.165, 1.54) is 5.56 Å². The number of benzene rings is 2. The molecule has 2 atom stereocenters. The first-order valence-electron chi connectivity index (χ1n) is 12.7. The van der Waals surface area contributed by atoms with Crippen molar-refractivity contribution < 1.29 is 14.3 Å². The molecule has 0 bridgehead atoms. The fourth-order valence-electron chi connectivity index (χ4n) is 5.35. The van der Waals surface area contributed by atoms with Crippen LogP contribution in [0.2, 0.25) is 0 Å². The third-order valence-corrected chi connectivity index (χ3v) is 7.02. The first kappa shape index (κ1) is 24.8. The molecule has 0 saturated heterocycles. The molecule has 4 rings (SSSR count). The Morgan fingerprint density at radius 1 is 1.00 bits per heavy atom. The lowest BCUT2D eigenvalue weighted by Gasteiger charge is -2.37. The predicted molar refractivity (Wildman–Crippen MR) is 140 cm³/mol. The van der Waals surface area contributed by atoms with Crippen LogP contribution >= 0.6 is 0 Å². The topological polar surface area (TPSA) is 58.6 Å². The van der Waals surface area contributed by atoms with Gasteiger partial charge >= 0.3 is 5.97 Å². The van der Waals surface area contributed by atoms with Crippen molar-refractivity contribution in [2.75, 3.05) is 18.0 Å². The summed E-state index contributed by atoms with van der Waals surface area (Å²) in [5.41, 5.74) is 6.15. The van der Waals surface area contributed by atoms with Crippen LogP contribution < -0.4 is 10.2 Å². The highest BCUT2D eigenvalue weighted by molar-refractivity contribution is 6.04. The predicted octanol–water partition coefficient (Wildman–Crippen LogP) is 5.85. The Hall–Kier alpha value is -3.34. The van der Waals surface area contributed by atoms with Gasteiger partial charge in [0.05, 0.1) is 11.7 Å². The summed E-state index contributed by atoms with van der Waals surface area (Å²) in [6, 6.07) is 18.5. The summed E-state index contributed by atoms with van der Waals surface area (Å²) >= 11 is 0. The van der Waals surface area contributed by atoms with Crippen molar-refractivity contribution in [2.45, 2.75) is 65.4 Å². The number of ketones is 1. The summed E-state index contributed by atoms with van der Waals surface area (Å²) in [4.78, 5) is 29.2. The zero-order valence-electron chi connectivity index (χ0n) is 21.4. The molecule has 0 radical (unpaired) electrons. The normalized spacial score (nSPS) is 20.0. The number of carbonyl (C=O) groups is 2. The highest BCUT2D eigenvalue weighted by Crippen LogP contribution is 2.46. The van der Waals surface area contributed by atoms with Crippen molar-refractivity contribution in [3.05, 3.63) is 88.3 Å². The highest BCUT2D eigenvalue weighted by Gasteiger charge is 2.41. The van der Waals surface area contributed by atoms with Crippen molar-refractivity contribution in [3.8, 4) is 0 Å². The number of rotatable bonds is 7. The molecule has 0 saturated carbocycles. The Morgan fingerprint density at radius 3 is 2.26 bits per heavy atom.